The van der Waals surface area contributed by atoms with Crippen molar-refractivity contribution in [2.45, 2.75) is 13.6 Å². The predicted molar refractivity (Wildman–Crippen MR) is 98.4 cm³/mol. The van der Waals surface area contributed by atoms with Crippen LogP contribution in [0.4, 0.5) is 0 Å². The lowest BCUT2D eigenvalue weighted by molar-refractivity contribution is 0.146. The summed E-state index contributed by atoms with van der Waals surface area (Å²) in [6, 6.07) is 7.33. The van der Waals surface area contributed by atoms with Crippen LogP contribution in [0.1, 0.15) is 6.92 Å². The zero-order chi connectivity index (χ0) is 18.3. The van der Waals surface area contributed by atoms with E-state index in [-0.39, 0.29) is 5.75 Å². The van der Waals surface area contributed by atoms with E-state index in [1.807, 2.05) is 18.2 Å². The van der Waals surface area contributed by atoms with E-state index in [2.05, 4.69) is 10.00 Å². The Labute approximate surface area is 150 Å². The number of fused-ring (bicyclic) bond motifs is 3. The Balaban J connectivity index is 1.57. The van der Waals surface area contributed by atoms with Crippen LogP contribution in [0.2, 0.25) is 0 Å². The summed E-state index contributed by atoms with van der Waals surface area (Å²) >= 11 is 0. The lowest BCUT2D eigenvalue weighted by atomic mass is 10.2. The highest BCUT2D eigenvalue weighted by Crippen LogP contribution is 2.21. The molecule has 1 fully saturated rings. The summed E-state index contributed by atoms with van der Waals surface area (Å²) in [5.74, 6) is 0.125. The summed E-state index contributed by atoms with van der Waals surface area (Å²) in [5, 5.41) is 5.82. The topological polar surface area (TPSA) is 88.7 Å². The number of nitrogens with zero attached hydrogens (tertiary/aromatic N) is 4. The van der Waals surface area contributed by atoms with Crippen molar-refractivity contribution in [2.24, 2.45) is 0 Å². The molecule has 0 N–H and O–H groups in total. The van der Waals surface area contributed by atoms with Gasteiger partial charge in [0.05, 0.1) is 12.4 Å². The summed E-state index contributed by atoms with van der Waals surface area (Å²) in [6.07, 6.45) is 1.70. The number of benzene rings is 1. The van der Waals surface area contributed by atoms with Crippen LogP contribution in [0, 0.1) is 0 Å². The van der Waals surface area contributed by atoms with Gasteiger partial charge in [0.15, 0.2) is 0 Å². The Morgan fingerprint density at radius 1 is 1.12 bits per heavy atom. The summed E-state index contributed by atoms with van der Waals surface area (Å²) in [5.41, 5.74) is 0.751. The van der Waals surface area contributed by atoms with Crippen molar-refractivity contribution in [2.75, 3.05) is 31.9 Å². The van der Waals surface area contributed by atoms with Crippen molar-refractivity contribution in [1.29, 1.82) is 0 Å². The monoisotopic (exact) mass is 376 g/mol. The highest BCUT2D eigenvalue weighted by atomic mass is 32.2. The van der Waals surface area contributed by atoms with Gasteiger partial charge in [0.25, 0.3) is 0 Å². The molecule has 1 aliphatic rings. The van der Waals surface area contributed by atoms with Crippen molar-refractivity contribution in [1.82, 2.24) is 19.0 Å². The molecule has 0 unspecified atom stereocenters. The minimum atomic E-state index is -3.14. The van der Waals surface area contributed by atoms with Crippen LogP contribution in [0.15, 0.2) is 39.7 Å². The Bertz CT molecular complexity index is 1110. The molecule has 1 saturated heterocycles. The first-order chi connectivity index (χ1) is 12.5. The van der Waals surface area contributed by atoms with Crippen LogP contribution in [-0.2, 0) is 16.7 Å². The van der Waals surface area contributed by atoms with Gasteiger partial charge in [0.2, 0.25) is 10.0 Å². The van der Waals surface area contributed by atoms with Crippen LogP contribution >= 0.6 is 0 Å². The minimum Gasteiger partial charge on any atom is -0.422 e. The molecule has 9 heteroatoms. The third-order valence-corrected chi connectivity index (χ3v) is 6.64. The van der Waals surface area contributed by atoms with Gasteiger partial charge in [-0.1, -0.05) is 12.1 Å². The van der Waals surface area contributed by atoms with Gasteiger partial charge in [-0.2, -0.15) is 9.40 Å². The molecular formula is C17H20N4O4S. The average Bonchev–Trinajstić information content (AvgIpc) is 3.07. The molecule has 1 aliphatic heterocycles. The van der Waals surface area contributed by atoms with E-state index in [9.17, 15) is 13.2 Å². The molecular weight excluding hydrogens is 356 g/mol. The fourth-order valence-electron chi connectivity index (χ4n) is 3.28. The van der Waals surface area contributed by atoms with Crippen molar-refractivity contribution in [3.05, 3.63) is 40.9 Å². The quantitative estimate of drug-likeness (QED) is 0.633. The molecule has 4 rings (SSSR count). The predicted octanol–water partition coefficient (Wildman–Crippen LogP) is 1.07. The molecule has 0 radical (unpaired) electrons. The Morgan fingerprint density at radius 3 is 2.58 bits per heavy atom. The first kappa shape index (κ1) is 17.2. The van der Waals surface area contributed by atoms with E-state index < -0.39 is 15.6 Å². The largest absolute Gasteiger partial charge is 0.422 e. The van der Waals surface area contributed by atoms with E-state index in [4.69, 9.17) is 4.42 Å². The van der Waals surface area contributed by atoms with E-state index in [0.717, 1.165) is 5.39 Å². The van der Waals surface area contributed by atoms with Crippen molar-refractivity contribution >= 4 is 31.9 Å². The van der Waals surface area contributed by atoms with Gasteiger partial charge in [0, 0.05) is 37.8 Å². The van der Waals surface area contributed by atoms with Crippen LogP contribution < -0.4 is 5.63 Å². The van der Waals surface area contributed by atoms with Crippen LogP contribution in [-0.4, -0.2) is 59.3 Å². The fourth-order valence-corrected chi connectivity index (χ4v) is 4.37. The summed E-state index contributed by atoms with van der Waals surface area (Å²) in [6.45, 7) is 4.37. The smallest absolute Gasteiger partial charge is 0.347 e. The molecule has 0 aliphatic carbocycles. The Morgan fingerprint density at radius 2 is 1.85 bits per heavy atom. The van der Waals surface area contributed by atoms with Gasteiger partial charge < -0.3 is 4.42 Å². The van der Waals surface area contributed by atoms with E-state index in [1.165, 1.54) is 4.31 Å². The molecule has 0 atom stereocenters. The molecule has 0 spiro atoms. The third kappa shape index (κ3) is 3.02. The van der Waals surface area contributed by atoms with Gasteiger partial charge in [-0.25, -0.2) is 13.2 Å². The maximum atomic E-state index is 12.2. The van der Waals surface area contributed by atoms with E-state index in [0.29, 0.717) is 49.3 Å². The number of aromatic nitrogens is 2. The van der Waals surface area contributed by atoms with E-state index >= 15 is 0 Å². The maximum absolute atomic E-state index is 12.2. The van der Waals surface area contributed by atoms with Gasteiger partial charge in [0.1, 0.15) is 16.5 Å². The number of rotatable bonds is 4. The molecule has 0 saturated carbocycles. The van der Waals surface area contributed by atoms with Gasteiger partial charge in [-0.15, -0.1) is 0 Å². The second-order valence-corrected chi connectivity index (χ2v) is 8.63. The Kier molecular flexibility index (Phi) is 4.29. The highest BCUT2D eigenvalue weighted by Gasteiger charge is 2.25. The standard InChI is InChI=1S/C17H20N4O4S/c1-2-26(23,24)21-9-7-19(8-10-21)12-20-11-14-16(18-20)13-5-3-4-6-15(13)25-17(14)22/h3-6,11H,2,7-10,12H2,1H3. The number of sulfonamides is 1. The van der Waals surface area contributed by atoms with Gasteiger partial charge >= 0.3 is 5.63 Å². The van der Waals surface area contributed by atoms with Gasteiger partial charge in [-0.3, -0.25) is 9.58 Å². The number of hydrogen-bond acceptors (Lipinski definition) is 6. The molecule has 3 aromatic rings. The van der Waals surface area contributed by atoms with Crippen molar-refractivity contribution in [3.8, 4) is 0 Å². The second kappa shape index (κ2) is 6.49. The number of para-hydroxylation sites is 1. The van der Waals surface area contributed by atoms with Crippen LogP contribution in [0.25, 0.3) is 21.9 Å². The normalized spacial score (nSPS) is 17.3. The minimum absolute atomic E-state index is 0.125. The van der Waals surface area contributed by atoms with E-state index in [1.54, 1.807) is 23.9 Å². The van der Waals surface area contributed by atoms with Crippen molar-refractivity contribution in [3.63, 3.8) is 0 Å². The summed E-state index contributed by atoms with van der Waals surface area (Å²) < 4.78 is 32.5. The molecule has 138 valence electrons. The number of hydrogen-bond donors (Lipinski definition) is 0. The lowest BCUT2D eigenvalue weighted by Crippen LogP contribution is -2.49. The first-order valence-electron chi connectivity index (χ1n) is 8.57. The first-order valence-corrected chi connectivity index (χ1v) is 10.2. The number of piperazine rings is 1. The van der Waals surface area contributed by atoms with Crippen LogP contribution in [0.3, 0.4) is 0 Å². The molecule has 26 heavy (non-hydrogen) atoms. The molecule has 8 nitrogen and oxygen atoms in total. The molecule has 0 amide bonds. The van der Waals surface area contributed by atoms with Crippen molar-refractivity contribution < 1.29 is 12.8 Å². The lowest BCUT2D eigenvalue weighted by Gasteiger charge is -2.33. The SMILES string of the molecule is CCS(=O)(=O)N1CCN(Cn2cc3c(=O)oc4ccccc4c3n2)CC1. The molecule has 3 heterocycles. The summed E-state index contributed by atoms with van der Waals surface area (Å²) in [7, 11) is -3.14. The zero-order valence-corrected chi connectivity index (χ0v) is 15.3. The molecule has 1 aromatic carbocycles. The maximum Gasteiger partial charge on any atom is 0.347 e. The molecule has 2 aromatic heterocycles. The average molecular weight is 376 g/mol. The van der Waals surface area contributed by atoms with Crippen LogP contribution in [0.5, 0.6) is 0 Å². The highest BCUT2D eigenvalue weighted by molar-refractivity contribution is 7.89. The fraction of sp³-hybridized carbons (Fsp3) is 0.412. The summed E-state index contributed by atoms with van der Waals surface area (Å²) in [4.78, 5) is 14.3. The zero-order valence-electron chi connectivity index (χ0n) is 14.5. The third-order valence-electron chi connectivity index (χ3n) is 4.76. The Hall–Kier alpha value is -2.23. The van der Waals surface area contributed by atoms with Gasteiger partial charge in [-0.05, 0) is 19.1 Å². The molecule has 0 bridgehead atoms. The second-order valence-electron chi connectivity index (χ2n) is 6.38.